The molecule has 26 heavy (non-hydrogen) atoms. The van der Waals surface area contributed by atoms with Gasteiger partial charge < -0.3 is 19.3 Å². The lowest BCUT2D eigenvalue weighted by molar-refractivity contribution is -0.108. The van der Waals surface area contributed by atoms with Gasteiger partial charge in [-0.15, -0.1) is 0 Å². The third-order valence-corrected chi connectivity index (χ3v) is 3.77. The minimum absolute atomic E-state index is 0.123. The highest BCUT2D eigenvalue weighted by molar-refractivity contribution is 6.21. The Morgan fingerprint density at radius 3 is 2.04 bits per heavy atom. The summed E-state index contributed by atoms with van der Waals surface area (Å²) in [5.41, 5.74) is -0.619. The van der Waals surface area contributed by atoms with Gasteiger partial charge in [-0.3, -0.25) is 14.4 Å². The standard InChI is InChI=1S/C17H14N2O7/c1-24-17(25-2)12-8-7-11(13(20)18-12)16(23)26-19-14(21)9-5-3-4-6-10(9)15(19)22/h3-8,17H,1-2H3,(H,18,20). The van der Waals surface area contributed by atoms with E-state index in [2.05, 4.69) is 4.98 Å². The molecule has 1 aromatic heterocycles. The predicted molar refractivity (Wildman–Crippen MR) is 86.2 cm³/mol. The van der Waals surface area contributed by atoms with E-state index in [1.54, 1.807) is 12.1 Å². The highest BCUT2D eigenvalue weighted by atomic mass is 16.7. The van der Waals surface area contributed by atoms with E-state index in [0.717, 1.165) is 0 Å². The Hall–Kier alpha value is -3.30. The highest BCUT2D eigenvalue weighted by Gasteiger charge is 2.39. The summed E-state index contributed by atoms with van der Waals surface area (Å²) in [6, 6.07) is 8.65. The summed E-state index contributed by atoms with van der Waals surface area (Å²) in [5.74, 6) is -2.68. The van der Waals surface area contributed by atoms with Gasteiger partial charge in [0.2, 0.25) is 0 Å². The number of benzene rings is 1. The van der Waals surface area contributed by atoms with E-state index in [-0.39, 0.29) is 22.4 Å². The zero-order chi connectivity index (χ0) is 18.8. The molecule has 3 rings (SSSR count). The van der Waals surface area contributed by atoms with Gasteiger partial charge in [0, 0.05) is 14.2 Å². The first-order chi connectivity index (χ1) is 12.5. The molecule has 1 N–H and O–H groups in total. The number of amides is 2. The summed E-state index contributed by atoms with van der Waals surface area (Å²) in [6.45, 7) is 0. The Morgan fingerprint density at radius 2 is 1.54 bits per heavy atom. The number of H-pyrrole nitrogens is 1. The van der Waals surface area contributed by atoms with Crippen molar-refractivity contribution >= 4 is 17.8 Å². The number of nitrogens with one attached hydrogen (secondary N) is 1. The summed E-state index contributed by atoms with van der Waals surface area (Å²) in [5, 5.41) is 0.341. The number of imide groups is 1. The van der Waals surface area contributed by atoms with Crippen molar-refractivity contribution in [2.45, 2.75) is 6.29 Å². The van der Waals surface area contributed by atoms with Gasteiger partial charge in [-0.25, -0.2) is 4.79 Å². The van der Waals surface area contributed by atoms with Crippen molar-refractivity contribution in [1.29, 1.82) is 0 Å². The monoisotopic (exact) mass is 358 g/mol. The molecule has 0 unspecified atom stereocenters. The molecule has 2 aromatic rings. The first kappa shape index (κ1) is 17.5. The van der Waals surface area contributed by atoms with E-state index in [9.17, 15) is 19.2 Å². The molecule has 1 aromatic carbocycles. The molecule has 0 atom stereocenters. The number of hydroxylamine groups is 2. The van der Waals surface area contributed by atoms with Crippen LogP contribution >= 0.6 is 0 Å². The second-order valence-corrected chi connectivity index (χ2v) is 5.29. The molecule has 0 saturated heterocycles. The molecule has 1 aliphatic rings. The van der Waals surface area contributed by atoms with Crippen molar-refractivity contribution in [3.8, 4) is 0 Å². The van der Waals surface area contributed by atoms with Crippen molar-refractivity contribution in [1.82, 2.24) is 10.0 Å². The zero-order valence-electron chi connectivity index (χ0n) is 13.8. The minimum Gasteiger partial charge on any atom is -0.350 e. The topological polar surface area (TPSA) is 115 Å². The number of aromatic amines is 1. The van der Waals surface area contributed by atoms with Crippen LogP contribution in [-0.4, -0.2) is 42.1 Å². The van der Waals surface area contributed by atoms with Crippen molar-refractivity contribution in [2.75, 3.05) is 14.2 Å². The lowest BCUT2D eigenvalue weighted by Gasteiger charge is -2.14. The molecule has 0 aliphatic carbocycles. The van der Waals surface area contributed by atoms with Crippen LogP contribution in [0.25, 0.3) is 0 Å². The van der Waals surface area contributed by atoms with Gasteiger partial charge in [0.15, 0.2) is 6.29 Å². The second kappa shape index (κ2) is 6.90. The lowest BCUT2D eigenvalue weighted by Crippen LogP contribution is -2.34. The molecule has 9 heteroatoms. The summed E-state index contributed by atoms with van der Waals surface area (Å²) in [4.78, 5) is 56.0. The number of rotatable bonds is 5. The van der Waals surface area contributed by atoms with Gasteiger partial charge in [0.25, 0.3) is 17.4 Å². The molecule has 0 saturated carbocycles. The number of pyridine rings is 1. The molecule has 0 radical (unpaired) electrons. The number of carbonyl (C=O) groups is 3. The second-order valence-electron chi connectivity index (χ2n) is 5.29. The van der Waals surface area contributed by atoms with Crippen LogP contribution in [0.4, 0.5) is 0 Å². The number of aromatic nitrogens is 1. The van der Waals surface area contributed by atoms with Gasteiger partial charge in [-0.05, 0) is 24.3 Å². The van der Waals surface area contributed by atoms with Gasteiger partial charge in [-0.1, -0.05) is 17.2 Å². The van der Waals surface area contributed by atoms with Crippen LogP contribution in [0.3, 0.4) is 0 Å². The van der Waals surface area contributed by atoms with Gasteiger partial charge in [0.1, 0.15) is 5.56 Å². The first-order valence-corrected chi connectivity index (χ1v) is 7.47. The van der Waals surface area contributed by atoms with Crippen LogP contribution in [0.2, 0.25) is 0 Å². The molecule has 0 spiro atoms. The maximum atomic E-state index is 12.2. The molecule has 0 fully saturated rings. The Bertz CT molecular complexity index is 911. The van der Waals surface area contributed by atoms with E-state index < -0.39 is 29.6 Å². The van der Waals surface area contributed by atoms with Crippen molar-refractivity contribution in [2.24, 2.45) is 0 Å². The Balaban J connectivity index is 1.82. The summed E-state index contributed by atoms with van der Waals surface area (Å²) in [6.07, 6.45) is -0.816. The maximum Gasteiger partial charge on any atom is 0.369 e. The average Bonchev–Trinajstić information content (AvgIpc) is 2.88. The first-order valence-electron chi connectivity index (χ1n) is 7.47. The Labute approximate surface area is 147 Å². The molecule has 1 aliphatic heterocycles. The average molecular weight is 358 g/mol. The largest absolute Gasteiger partial charge is 0.369 e. The molecular weight excluding hydrogens is 344 g/mol. The van der Waals surface area contributed by atoms with Gasteiger partial charge in [-0.2, -0.15) is 0 Å². The highest BCUT2D eigenvalue weighted by Crippen LogP contribution is 2.23. The number of nitrogens with zero attached hydrogens (tertiary/aromatic N) is 1. The van der Waals surface area contributed by atoms with Crippen LogP contribution in [0.5, 0.6) is 0 Å². The third-order valence-electron chi connectivity index (χ3n) is 3.77. The van der Waals surface area contributed by atoms with E-state index in [1.807, 2.05) is 0 Å². The molecule has 0 bridgehead atoms. The normalized spacial score (nSPS) is 13.3. The van der Waals surface area contributed by atoms with Crippen LogP contribution in [0.1, 0.15) is 43.1 Å². The SMILES string of the molecule is COC(OC)c1ccc(C(=O)ON2C(=O)c3ccccc3C2=O)c(=O)[nH]1. The number of ether oxygens (including phenoxy) is 2. The maximum absolute atomic E-state index is 12.2. The quantitative estimate of drug-likeness (QED) is 0.627. The summed E-state index contributed by atoms with van der Waals surface area (Å²) in [7, 11) is 2.77. The van der Waals surface area contributed by atoms with Gasteiger partial charge in [0.05, 0.1) is 16.8 Å². The fraction of sp³-hybridized carbons (Fsp3) is 0.176. The molecule has 2 heterocycles. The van der Waals surface area contributed by atoms with E-state index in [1.165, 1.54) is 38.5 Å². The molecular formula is C17H14N2O7. The number of hydrogen-bond acceptors (Lipinski definition) is 7. The predicted octanol–water partition coefficient (Wildman–Crippen LogP) is 1.03. The Morgan fingerprint density at radius 1 is 0.962 bits per heavy atom. The lowest BCUT2D eigenvalue weighted by atomic mass is 10.1. The summed E-state index contributed by atoms with van der Waals surface area (Å²) < 4.78 is 10.0. The minimum atomic E-state index is -1.14. The molecule has 134 valence electrons. The smallest absolute Gasteiger partial charge is 0.350 e. The fourth-order valence-corrected chi connectivity index (χ4v) is 2.52. The summed E-state index contributed by atoms with van der Waals surface area (Å²) >= 11 is 0. The number of methoxy groups -OCH3 is 2. The van der Waals surface area contributed by atoms with Crippen molar-refractivity contribution < 1.29 is 28.7 Å². The Kier molecular flexibility index (Phi) is 4.65. The zero-order valence-corrected chi connectivity index (χ0v) is 13.8. The van der Waals surface area contributed by atoms with Crippen LogP contribution in [0, 0.1) is 0 Å². The van der Waals surface area contributed by atoms with Crippen LogP contribution < -0.4 is 5.56 Å². The number of hydrogen-bond donors (Lipinski definition) is 1. The third kappa shape index (κ3) is 2.89. The van der Waals surface area contributed by atoms with E-state index in [0.29, 0.717) is 5.06 Å². The molecule has 9 nitrogen and oxygen atoms in total. The van der Waals surface area contributed by atoms with E-state index >= 15 is 0 Å². The van der Waals surface area contributed by atoms with E-state index in [4.69, 9.17) is 14.3 Å². The number of fused-ring (bicyclic) bond motifs is 1. The molecule has 2 amide bonds. The number of carbonyl (C=O) groups excluding carboxylic acids is 3. The van der Waals surface area contributed by atoms with Gasteiger partial charge >= 0.3 is 5.97 Å². The fourth-order valence-electron chi connectivity index (χ4n) is 2.52. The van der Waals surface area contributed by atoms with Crippen molar-refractivity contribution in [3.63, 3.8) is 0 Å². The van der Waals surface area contributed by atoms with Crippen LogP contribution in [0.15, 0.2) is 41.2 Å². The van der Waals surface area contributed by atoms with Crippen LogP contribution in [-0.2, 0) is 14.3 Å². The van der Waals surface area contributed by atoms with Crippen molar-refractivity contribution in [3.05, 3.63) is 69.1 Å².